The number of hydrogen-bond donors (Lipinski definition) is 1. The topological polar surface area (TPSA) is 47.6 Å². The van der Waals surface area contributed by atoms with Crippen molar-refractivity contribution >= 4 is 17.5 Å². The summed E-state index contributed by atoms with van der Waals surface area (Å²) in [5, 5.41) is 3.38. The lowest BCUT2D eigenvalue weighted by Crippen LogP contribution is -2.26. The van der Waals surface area contributed by atoms with Crippen LogP contribution >= 0.6 is 11.6 Å². The number of carbonyl (C=O) groups is 1. The third kappa shape index (κ3) is 4.39. The van der Waals surface area contributed by atoms with Gasteiger partial charge >= 0.3 is 0 Å². The van der Waals surface area contributed by atoms with E-state index in [1.54, 1.807) is 25.3 Å². The van der Waals surface area contributed by atoms with Crippen LogP contribution in [0.2, 0.25) is 5.02 Å². The van der Waals surface area contributed by atoms with Crippen LogP contribution in [0.5, 0.6) is 11.5 Å². The standard InChI is InChI=1S/C18H20ClNO3/c1-4-23-17-10-7-14(11-16(17)19)18(21)20-12(2)13-5-8-15(22-3)9-6-13/h5-12H,4H2,1-3H3,(H,20,21)/t12-/m0/s1. The van der Waals surface area contributed by atoms with E-state index in [1.165, 1.54) is 0 Å². The van der Waals surface area contributed by atoms with Gasteiger partial charge in [0.15, 0.2) is 0 Å². The van der Waals surface area contributed by atoms with Gasteiger partial charge in [-0.1, -0.05) is 23.7 Å². The number of halogens is 1. The molecule has 23 heavy (non-hydrogen) atoms. The highest BCUT2D eigenvalue weighted by Gasteiger charge is 2.13. The molecular weight excluding hydrogens is 314 g/mol. The zero-order valence-corrected chi connectivity index (χ0v) is 14.2. The van der Waals surface area contributed by atoms with Crippen LogP contribution in [0.15, 0.2) is 42.5 Å². The van der Waals surface area contributed by atoms with Gasteiger partial charge in [0.1, 0.15) is 11.5 Å². The SMILES string of the molecule is CCOc1ccc(C(=O)N[C@@H](C)c2ccc(OC)cc2)cc1Cl. The van der Waals surface area contributed by atoms with Crippen molar-refractivity contribution in [3.05, 3.63) is 58.6 Å². The lowest BCUT2D eigenvalue weighted by Gasteiger charge is -2.15. The van der Waals surface area contributed by atoms with Crippen LogP contribution < -0.4 is 14.8 Å². The second-order valence-corrected chi connectivity index (χ2v) is 5.45. The van der Waals surface area contributed by atoms with E-state index in [0.29, 0.717) is 22.9 Å². The van der Waals surface area contributed by atoms with E-state index in [0.717, 1.165) is 11.3 Å². The second kappa shape index (κ2) is 7.88. The fraction of sp³-hybridized carbons (Fsp3) is 0.278. The fourth-order valence-corrected chi connectivity index (χ4v) is 2.41. The number of amides is 1. The zero-order chi connectivity index (χ0) is 16.8. The molecule has 0 saturated carbocycles. The molecule has 122 valence electrons. The molecule has 2 rings (SSSR count). The summed E-state index contributed by atoms with van der Waals surface area (Å²) in [7, 11) is 1.62. The monoisotopic (exact) mass is 333 g/mol. The van der Waals surface area contributed by atoms with Crippen LogP contribution in [0.1, 0.15) is 35.8 Å². The molecule has 0 fully saturated rings. The minimum atomic E-state index is -0.182. The first-order chi connectivity index (χ1) is 11.0. The first kappa shape index (κ1) is 17.2. The van der Waals surface area contributed by atoms with Crippen LogP contribution in [0.4, 0.5) is 0 Å². The predicted octanol–water partition coefficient (Wildman–Crippen LogP) is 4.24. The maximum absolute atomic E-state index is 12.3. The number of carbonyl (C=O) groups excluding carboxylic acids is 1. The Labute approximate surface area is 141 Å². The van der Waals surface area contributed by atoms with Crippen LogP contribution in [-0.2, 0) is 0 Å². The van der Waals surface area contributed by atoms with Crippen molar-refractivity contribution in [3.63, 3.8) is 0 Å². The van der Waals surface area contributed by atoms with Crippen molar-refractivity contribution in [3.8, 4) is 11.5 Å². The summed E-state index contributed by atoms with van der Waals surface area (Å²) in [6.07, 6.45) is 0. The van der Waals surface area contributed by atoms with Gasteiger partial charge in [-0.05, 0) is 49.7 Å². The van der Waals surface area contributed by atoms with Crippen LogP contribution in [0.3, 0.4) is 0 Å². The van der Waals surface area contributed by atoms with E-state index >= 15 is 0 Å². The lowest BCUT2D eigenvalue weighted by molar-refractivity contribution is 0.0940. The summed E-state index contributed by atoms with van der Waals surface area (Å²) in [4.78, 5) is 12.3. The lowest BCUT2D eigenvalue weighted by atomic mass is 10.1. The summed E-state index contributed by atoms with van der Waals surface area (Å²) < 4.78 is 10.5. The average Bonchev–Trinajstić information content (AvgIpc) is 2.56. The van der Waals surface area contributed by atoms with E-state index < -0.39 is 0 Å². The molecule has 2 aromatic rings. The van der Waals surface area contributed by atoms with E-state index in [-0.39, 0.29) is 11.9 Å². The fourth-order valence-electron chi connectivity index (χ4n) is 2.17. The molecule has 0 aliphatic heterocycles. The Morgan fingerprint density at radius 3 is 2.48 bits per heavy atom. The smallest absolute Gasteiger partial charge is 0.251 e. The van der Waals surface area contributed by atoms with Gasteiger partial charge in [-0.25, -0.2) is 0 Å². The molecule has 0 unspecified atom stereocenters. The van der Waals surface area contributed by atoms with Crippen LogP contribution in [0.25, 0.3) is 0 Å². The first-order valence-electron chi connectivity index (χ1n) is 7.42. The van der Waals surface area contributed by atoms with Gasteiger partial charge < -0.3 is 14.8 Å². The van der Waals surface area contributed by atoms with E-state index in [1.807, 2.05) is 38.1 Å². The number of methoxy groups -OCH3 is 1. The van der Waals surface area contributed by atoms with Crippen molar-refractivity contribution < 1.29 is 14.3 Å². The van der Waals surface area contributed by atoms with Gasteiger partial charge in [0.2, 0.25) is 0 Å². The molecule has 0 heterocycles. The second-order valence-electron chi connectivity index (χ2n) is 5.05. The molecule has 0 aliphatic rings. The Bertz CT molecular complexity index is 670. The molecule has 4 nitrogen and oxygen atoms in total. The number of hydrogen-bond acceptors (Lipinski definition) is 3. The van der Waals surface area contributed by atoms with E-state index in [4.69, 9.17) is 21.1 Å². The third-order valence-electron chi connectivity index (χ3n) is 3.46. The molecule has 0 saturated heterocycles. The molecular formula is C18H20ClNO3. The molecule has 1 N–H and O–H groups in total. The van der Waals surface area contributed by atoms with Crippen molar-refractivity contribution in [2.45, 2.75) is 19.9 Å². The van der Waals surface area contributed by atoms with Gasteiger partial charge in [0, 0.05) is 5.56 Å². The predicted molar refractivity (Wildman–Crippen MR) is 91.5 cm³/mol. The Morgan fingerprint density at radius 2 is 1.91 bits per heavy atom. The Kier molecular flexibility index (Phi) is 5.88. The quantitative estimate of drug-likeness (QED) is 0.860. The van der Waals surface area contributed by atoms with Gasteiger partial charge in [0.05, 0.1) is 24.8 Å². The van der Waals surface area contributed by atoms with Crippen molar-refractivity contribution in [2.75, 3.05) is 13.7 Å². The summed E-state index contributed by atoms with van der Waals surface area (Å²) in [5.41, 5.74) is 1.50. The highest BCUT2D eigenvalue weighted by Crippen LogP contribution is 2.26. The van der Waals surface area contributed by atoms with Gasteiger partial charge in [-0.15, -0.1) is 0 Å². The van der Waals surface area contributed by atoms with Crippen molar-refractivity contribution in [1.29, 1.82) is 0 Å². The number of rotatable bonds is 6. The van der Waals surface area contributed by atoms with Gasteiger partial charge in [-0.3, -0.25) is 4.79 Å². The maximum Gasteiger partial charge on any atom is 0.251 e. The van der Waals surface area contributed by atoms with Gasteiger partial charge in [-0.2, -0.15) is 0 Å². The normalized spacial score (nSPS) is 11.7. The van der Waals surface area contributed by atoms with Gasteiger partial charge in [0.25, 0.3) is 5.91 Å². The molecule has 5 heteroatoms. The molecule has 0 aliphatic carbocycles. The zero-order valence-electron chi connectivity index (χ0n) is 13.4. The number of nitrogens with one attached hydrogen (secondary N) is 1. The highest BCUT2D eigenvalue weighted by atomic mass is 35.5. The summed E-state index contributed by atoms with van der Waals surface area (Å²) in [6.45, 7) is 4.34. The molecule has 0 aromatic heterocycles. The Hall–Kier alpha value is -2.20. The molecule has 1 amide bonds. The molecule has 0 radical (unpaired) electrons. The van der Waals surface area contributed by atoms with Crippen LogP contribution in [0, 0.1) is 0 Å². The third-order valence-corrected chi connectivity index (χ3v) is 3.75. The Morgan fingerprint density at radius 1 is 1.22 bits per heavy atom. The van der Waals surface area contributed by atoms with E-state index in [2.05, 4.69) is 5.32 Å². The van der Waals surface area contributed by atoms with Crippen molar-refractivity contribution in [1.82, 2.24) is 5.32 Å². The van der Waals surface area contributed by atoms with Crippen molar-refractivity contribution in [2.24, 2.45) is 0 Å². The molecule has 0 bridgehead atoms. The Balaban J connectivity index is 2.06. The molecule has 0 spiro atoms. The number of benzene rings is 2. The molecule has 2 aromatic carbocycles. The summed E-state index contributed by atoms with van der Waals surface area (Å²) in [5.74, 6) is 1.18. The largest absolute Gasteiger partial charge is 0.497 e. The molecule has 1 atom stereocenters. The average molecular weight is 334 g/mol. The summed E-state index contributed by atoms with van der Waals surface area (Å²) in [6, 6.07) is 12.5. The first-order valence-corrected chi connectivity index (χ1v) is 7.80. The minimum absolute atomic E-state index is 0.126. The maximum atomic E-state index is 12.3. The summed E-state index contributed by atoms with van der Waals surface area (Å²) >= 11 is 6.12. The number of ether oxygens (including phenoxy) is 2. The van der Waals surface area contributed by atoms with E-state index in [9.17, 15) is 4.79 Å². The highest BCUT2D eigenvalue weighted by molar-refractivity contribution is 6.32. The minimum Gasteiger partial charge on any atom is -0.497 e. The van der Waals surface area contributed by atoms with Crippen LogP contribution in [-0.4, -0.2) is 19.6 Å².